The van der Waals surface area contributed by atoms with Crippen LogP contribution in [0, 0.1) is 11.5 Å². The van der Waals surface area contributed by atoms with Crippen molar-refractivity contribution in [1.29, 1.82) is 5.26 Å². The molecule has 1 amide bonds. The summed E-state index contributed by atoms with van der Waals surface area (Å²) in [5.74, 6) is 0.372. The molecule has 0 aliphatic heterocycles. The number of nitriles is 1. The smallest absolute Gasteiger partial charge is 0.258 e. The van der Waals surface area contributed by atoms with Gasteiger partial charge in [0.15, 0.2) is 0 Å². The first-order valence-corrected chi connectivity index (χ1v) is 12.4. The van der Waals surface area contributed by atoms with Crippen LogP contribution in [0.15, 0.2) is 90.2 Å². The number of para-hydroxylation sites is 1. The Kier molecular flexibility index (Phi) is 10.6. The number of benzene rings is 2. The molecule has 0 bridgehead atoms. The molecular formula is C28H23Cl3N6O. The Morgan fingerprint density at radius 1 is 1.00 bits per heavy atom. The monoisotopic (exact) mass is 564 g/mol. The van der Waals surface area contributed by atoms with Crippen LogP contribution < -0.4 is 5.32 Å². The Hall–Kier alpha value is -3.96. The minimum Gasteiger partial charge on any atom is -0.358 e. The number of carbonyl (C=O) groups is 1. The lowest BCUT2D eigenvalue weighted by atomic mass is 10.0. The van der Waals surface area contributed by atoms with E-state index in [0.29, 0.717) is 33.8 Å². The van der Waals surface area contributed by atoms with Crippen molar-refractivity contribution in [2.24, 2.45) is 4.99 Å². The number of amides is 1. The van der Waals surface area contributed by atoms with Crippen LogP contribution in [-0.2, 0) is 6.54 Å². The topological polar surface area (TPSA) is 94.3 Å². The molecule has 0 atom stereocenters. The van der Waals surface area contributed by atoms with Crippen molar-refractivity contribution in [3.05, 3.63) is 112 Å². The second kappa shape index (κ2) is 14.1. The van der Waals surface area contributed by atoms with Gasteiger partial charge in [-0.05, 0) is 54.4 Å². The lowest BCUT2D eigenvalue weighted by Crippen LogP contribution is -2.23. The first-order chi connectivity index (χ1) is 18.3. The van der Waals surface area contributed by atoms with Gasteiger partial charge in [-0.15, -0.1) is 0 Å². The Morgan fingerprint density at radius 3 is 2.39 bits per heavy atom. The zero-order valence-electron chi connectivity index (χ0n) is 20.6. The Morgan fingerprint density at radius 2 is 1.74 bits per heavy atom. The number of aromatic nitrogens is 2. The van der Waals surface area contributed by atoms with Crippen LogP contribution in [0.1, 0.15) is 22.8 Å². The normalized spacial score (nSPS) is 10.6. The van der Waals surface area contributed by atoms with Gasteiger partial charge in [-0.2, -0.15) is 10.3 Å². The third-order valence-corrected chi connectivity index (χ3v) is 6.08. The zero-order valence-corrected chi connectivity index (χ0v) is 22.8. The van der Waals surface area contributed by atoms with Gasteiger partial charge in [-0.25, -0.2) is 9.97 Å². The van der Waals surface area contributed by atoms with Crippen LogP contribution in [0.25, 0.3) is 11.1 Å². The van der Waals surface area contributed by atoms with Crippen molar-refractivity contribution in [2.45, 2.75) is 13.5 Å². The summed E-state index contributed by atoms with van der Waals surface area (Å²) in [5, 5.41) is 12.6. The highest BCUT2D eigenvalue weighted by Crippen LogP contribution is 2.29. The van der Waals surface area contributed by atoms with Crippen LogP contribution in [0.3, 0.4) is 0 Å². The van der Waals surface area contributed by atoms with Crippen molar-refractivity contribution in [2.75, 3.05) is 12.4 Å². The number of hydrogen-bond donors (Lipinski definition) is 1. The SMILES string of the molecule is CC(=NC#N)N(C)Cc1ccc(Cl)nc1.O=C(Nc1ccccc1-c1ccc(Cl)cc1)c1cccnc1Cl. The fraction of sp³-hybridized carbons (Fsp3) is 0.107. The highest BCUT2D eigenvalue weighted by Gasteiger charge is 2.13. The molecule has 2 aromatic carbocycles. The standard InChI is InChI=1S/C18H12Cl2N2O.C10H11ClN4/c19-13-9-7-12(8-10-13)14-4-1-2-6-16(14)22-18(23)15-5-3-11-21-17(15)20;1-8(14-7-12)15(2)6-9-3-4-10(11)13-5-9/h1-11H,(H,22,23);3-5H,6H2,1-2H3. The molecule has 7 nitrogen and oxygen atoms in total. The zero-order chi connectivity index (χ0) is 27.5. The number of nitrogens with zero attached hydrogens (tertiary/aromatic N) is 5. The summed E-state index contributed by atoms with van der Waals surface area (Å²) in [4.78, 5) is 25.8. The number of halogens is 3. The molecule has 2 aromatic heterocycles. The van der Waals surface area contributed by atoms with E-state index in [1.807, 2.05) is 66.5 Å². The summed E-state index contributed by atoms with van der Waals surface area (Å²) in [6, 6.07) is 21.9. The molecular weight excluding hydrogens is 543 g/mol. The van der Waals surface area contributed by atoms with Crippen LogP contribution >= 0.6 is 34.8 Å². The van der Waals surface area contributed by atoms with E-state index in [4.69, 9.17) is 40.1 Å². The van der Waals surface area contributed by atoms with Crippen LogP contribution in [0.4, 0.5) is 5.69 Å². The van der Waals surface area contributed by atoms with Crippen LogP contribution in [0.5, 0.6) is 0 Å². The van der Waals surface area contributed by atoms with Crippen molar-refractivity contribution in [1.82, 2.24) is 14.9 Å². The summed E-state index contributed by atoms with van der Waals surface area (Å²) in [6.45, 7) is 2.44. The molecule has 38 heavy (non-hydrogen) atoms. The number of amidine groups is 1. The molecule has 0 unspecified atom stereocenters. The number of nitrogens with one attached hydrogen (secondary N) is 1. The molecule has 0 aliphatic rings. The maximum absolute atomic E-state index is 12.4. The maximum atomic E-state index is 12.4. The lowest BCUT2D eigenvalue weighted by Gasteiger charge is -2.17. The Labute approximate surface area is 236 Å². The summed E-state index contributed by atoms with van der Waals surface area (Å²) >= 11 is 17.6. The summed E-state index contributed by atoms with van der Waals surface area (Å²) in [6.07, 6.45) is 5.00. The highest BCUT2D eigenvalue weighted by molar-refractivity contribution is 6.33. The number of pyridine rings is 2. The largest absolute Gasteiger partial charge is 0.358 e. The second-order valence-corrected chi connectivity index (χ2v) is 9.13. The minimum atomic E-state index is -0.301. The third-order valence-electron chi connectivity index (χ3n) is 5.31. The van der Waals surface area contributed by atoms with Gasteiger partial charge >= 0.3 is 0 Å². The Bertz CT molecular complexity index is 1450. The van der Waals surface area contributed by atoms with E-state index in [-0.39, 0.29) is 11.1 Å². The molecule has 0 aliphatic carbocycles. The average molecular weight is 566 g/mol. The molecule has 0 radical (unpaired) electrons. The number of aliphatic imine (C=N–C) groups is 1. The summed E-state index contributed by atoms with van der Waals surface area (Å²) in [7, 11) is 1.87. The minimum absolute atomic E-state index is 0.175. The van der Waals surface area contributed by atoms with E-state index in [9.17, 15) is 4.79 Å². The summed E-state index contributed by atoms with van der Waals surface area (Å²) in [5.41, 5.74) is 3.91. The summed E-state index contributed by atoms with van der Waals surface area (Å²) < 4.78 is 0. The number of hydrogen-bond acceptors (Lipinski definition) is 5. The first kappa shape index (κ1) is 28.6. The predicted octanol–water partition coefficient (Wildman–Crippen LogP) is 7.37. The predicted molar refractivity (Wildman–Crippen MR) is 154 cm³/mol. The molecule has 192 valence electrons. The van der Waals surface area contributed by atoms with Gasteiger partial charge in [-0.3, -0.25) is 4.79 Å². The second-order valence-electron chi connectivity index (χ2n) is 7.95. The van der Waals surface area contributed by atoms with E-state index in [1.54, 1.807) is 43.7 Å². The van der Waals surface area contributed by atoms with Gasteiger partial charge in [0.2, 0.25) is 6.19 Å². The van der Waals surface area contributed by atoms with Crippen molar-refractivity contribution < 1.29 is 4.79 Å². The number of anilines is 1. The molecule has 1 N–H and O–H groups in total. The van der Waals surface area contributed by atoms with E-state index in [0.717, 1.165) is 16.7 Å². The first-order valence-electron chi connectivity index (χ1n) is 11.3. The lowest BCUT2D eigenvalue weighted by molar-refractivity contribution is 0.102. The molecule has 0 spiro atoms. The van der Waals surface area contributed by atoms with Gasteiger partial charge in [0.1, 0.15) is 16.1 Å². The molecule has 4 rings (SSSR count). The van der Waals surface area contributed by atoms with E-state index in [1.165, 1.54) is 0 Å². The maximum Gasteiger partial charge on any atom is 0.258 e. The number of rotatable bonds is 5. The molecule has 0 saturated carbocycles. The molecule has 2 heterocycles. The van der Waals surface area contributed by atoms with Crippen LogP contribution in [0.2, 0.25) is 15.3 Å². The van der Waals surface area contributed by atoms with Gasteiger partial charge in [0.25, 0.3) is 5.91 Å². The fourth-order valence-electron chi connectivity index (χ4n) is 3.26. The quantitative estimate of drug-likeness (QED) is 0.118. The van der Waals surface area contributed by atoms with Gasteiger partial charge in [-0.1, -0.05) is 71.2 Å². The number of carbonyl (C=O) groups excluding carboxylic acids is 1. The molecule has 0 fully saturated rings. The van der Waals surface area contributed by atoms with Gasteiger partial charge in [0, 0.05) is 42.3 Å². The highest BCUT2D eigenvalue weighted by atomic mass is 35.5. The Balaban J connectivity index is 0.000000232. The van der Waals surface area contributed by atoms with E-state index < -0.39 is 0 Å². The van der Waals surface area contributed by atoms with Gasteiger partial charge < -0.3 is 10.2 Å². The van der Waals surface area contributed by atoms with Crippen molar-refractivity contribution in [3.63, 3.8) is 0 Å². The molecule has 10 heteroatoms. The van der Waals surface area contributed by atoms with Crippen molar-refractivity contribution in [3.8, 4) is 17.3 Å². The van der Waals surface area contributed by atoms with E-state index >= 15 is 0 Å². The van der Waals surface area contributed by atoms with Gasteiger partial charge in [0.05, 0.1) is 5.56 Å². The van der Waals surface area contributed by atoms with Crippen LogP contribution in [-0.4, -0.2) is 33.7 Å². The van der Waals surface area contributed by atoms with E-state index in [2.05, 4.69) is 20.3 Å². The average Bonchev–Trinajstić information content (AvgIpc) is 2.91. The third kappa shape index (κ3) is 8.29. The molecule has 4 aromatic rings. The fourth-order valence-corrected chi connectivity index (χ4v) is 3.71. The van der Waals surface area contributed by atoms with Crippen molar-refractivity contribution >= 4 is 52.2 Å². The molecule has 0 saturated heterocycles.